The minimum absolute atomic E-state index is 0.0373. The first kappa shape index (κ1) is 17.7. The van der Waals surface area contributed by atoms with Gasteiger partial charge in [-0.2, -0.15) is 0 Å². The molecule has 0 saturated carbocycles. The van der Waals surface area contributed by atoms with Gasteiger partial charge in [0.15, 0.2) is 0 Å². The minimum Gasteiger partial charge on any atom is -0.370 e. The first-order chi connectivity index (χ1) is 11.5. The van der Waals surface area contributed by atoms with Crippen LogP contribution in [-0.2, 0) is 4.79 Å². The molecule has 0 saturated heterocycles. The summed E-state index contributed by atoms with van der Waals surface area (Å²) in [5.74, 6) is -1.33. The van der Waals surface area contributed by atoms with Crippen molar-refractivity contribution in [2.75, 3.05) is 6.54 Å². The van der Waals surface area contributed by atoms with E-state index in [4.69, 9.17) is 5.73 Å². The van der Waals surface area contributed by atoms with Crippen LogP contribution in [0.1, 0.15) is 27.1 Å². The Morgan fingerprint density at radius 2 is 1.71 bits per heavy atom. The molecule has 2 aromatic rings. The Morgan fingerprint density at radius 3 is 2.38 bits per heavy atom. The molecular formula is C17H15FN2O3S. The lowest BCUT2D eigenvalue weighted by molar-refractivity contribution is -0.117. The van der Waals surface area contributed by atoms with Crippen LogP contribution in [0.3, 0.4) is 0 Å². The molecule has 2 rings (SSSR count). The van der Waals surface area contributed by atoms with Gasteiger partial charge in [-0.05, 0) is 48.2 Å². The molecule has 0 unspecified atom stereocenters. The van der Waals surface area contributed by atoms with Crippen LogP contribution >= 0.6 is 11.8 Å². The van der Waals surface area contributed by atoms with Crippen molar-refractivity contribution in [3.63, 3.8) is 0 Å². The summed E-state index contributed by atoms with van der Waals surface area (Å²) in [6, 6.07) is 11.8. The number of nitrogens with two attached hydrogens (primary N) is 1. The Balaban J connectivity index is 2.10. The van der Waals surface area contributed by atoms with Gasteiger partial charge in [0.1, 0.15) is 5.82 Å². The van der Waals surface area contributed by atoms with Crippen molar-refractivity contribution < 1.29 is 18.8 Å². The van der Waals surface area contributed by atoms with Crippen LogP contribution < -0.4 is 11.1 Å². The zero-order valence-corrected chi connectivity index (χ0v) is 13.4. The number of benzene rings is 2. The van der Waals surface area contributed by atoms with Crippen LogP contribution in [-0.4, -0.2) is 23.5 Å². The number of nitrogens with one attached hydrogen (secondary N) is 1. The van der Waals surface area contributed by atoms with Crippen molar-refractivity contribution in [1.29, 1.82) is 0 Å². The van der Waals surface area contributed by atoms with Crippen molar-refractivity contribution in [1.82, 2.24) is 5.32 Å². The number of primary amides is 1. The van der Waals surface area contributed by atoms with Crippen LogP contribution in [0.5, 0.6) is 0 Å². The van der Waals surface area contributed by atoms with E-state index >= 15 is 0 Å². The summed E-state index contributed by atoms with van der Waals surface area (Å²) < 4.78 is 12.9. The second-order valence-corrected chi connectivity index (χ2v) is 5.88. The van der Waals surface area contributed by atoms with Gasteiger partial charge in [-0.25, -0.2) is 4.39 Å². The third-order valence-corrected chi connectivity index (χ3v) is 4.07. The predicted octanol–water partition coefficient (Wildman–Crippen LogP) is 2.36. The first-order valence-corrected chi connectivity index (χ1v) is 7.92. The molecule has 0 aromatic heterocycles. The lowest BCUT2D eigenvalue weighted by Gasteiger charge is -2.09. The molecule has 5 nitrogen and oxygen atoms in total. The fourth-order valence-electron chi connectivity index (χ4n) is 1.88. The SMILES string of the molecule is NC(=O)CCNC(=O)c1ccccc1SC(=O)c1ccc(F)cc1. The maximum atomic E-state index is 12.9. The van der Waals surface area contributed by atoms with E-state index in [0.29, 0.717) is 16.0 Å². The van der Waals surface area contributed by atoms with Crippen molar-refractivity contribution in [3.8, 4) is 0 Å². The highest BCUT2D eigenvalue weighted by atomic mass is 32.2. The highest BCUT2D eigenvalue weighted by Crippen LogP contribution is 2.26. The molecule has 0 fully saturated rings. The number of rotatable bonds is 6. The molecule has 0 atom stereocenters. The van der Waals surface area contributed by atoms with Gasteiger partial charge >= 0.3 is 0 Å². The summed E-state index contributed by atoms with van der Waals surface area (Å²) >= 11 is 0.883. The average molecular weight is 346 g/mol. The van der Waals surface area contributed by atoms with E-state index in [9.17, 15) is 18.8 Å². The third kappa shape index (κ3) is 4.92. The quantitative estimate of drug-likeness (QED) is 0.786. The van der Waals surface area contributed by atoms with Gasteiger partial charge in [0, 0.05) is 23.4 Å². The van der Waals surface area contributed by atoms with Crippen LogP contribution in [0, 0.1) is 5.82 Å². The molecule has 0 spiro atoms. The highest BCUT2D eigenvalue weighted by molar-refractivity contribution is 8.14. The number of amides is 2. The zero-order chi connectivity index (χ0) is 17.5. The van der Waals surface area contributed by atoms with Crippen LogP contribution in [0.15, 0.2) is 53.4 Å². The monoisotopic (exact) mass is 346 g/mol. The normalized spacial score (nSPS) is 10.2. The van der Waals surface area contributed by atoms with Gasteiger partial charge in [0.25, 0.3) is 5.91 Å². The van der Waals surface area contributed by atoms with E-state index < -0.39 is 17.6 Å². The summed E-state index contributed by atoms with van der Waals surface area (Å²) in [7, 11) is 0. The minimum atomic E-state index is -0.510. The fraction of sp³-hybridized carbons (Fsp3) is 0.118. The number of halogens is 1. The third-order valence-electron chi connectivity index (χ3n) is 3.07. The smallest absolute Gasteiger partial charge is 0.252 e. The molecule has 0 radical (unpaired) electrons. The Hall–Kier alpha value is -2.67. The summed E-state index contributed by atoms with van der Waals surface area (Å²) in [6.07, 6.45) is 0.0373. The van der Waals surface area contributed by atoms with Gasteiger partial charge in [-0.1, -0.05) is 12.1 Å². The average Bonchev–Trinajstić information content (AvgIpc) is 2.55. The Labute approximate surface area is 142 Å². The van der Waals surface area contributed by atoms with E-state index in [-0.39, 0.29) is 18.1 Å². The van der Waals surface area contributed by atoms with E-state index in [1.165, 1.54) is 24.3 Å². The molecule has 3 N–H and O–H groups in total. The highest BCUT2D eigenvalue weighted by Gasteiger charge is 2.15. The lowest BCUT2D eigenvalue weighted by atomic mass is 10.2. The Kier molecular flexibility index (Phi) is 6.08. The maximum Gasteiger partial charge on any atom is 0.252 e. The van der Waals surface area contributed by atoms with Gasteiger partial charge in [0.05, 0.1) is 5.56 Å². The summed E-state index contributed by atoms with van der Waals surface area (Å²) in [4.78, 5) is 35.6. The van der Waals surface area contributed by atoms with Gasteiger partial charge < -0.3 is 11.1 Å². The van der Waals surface area contributed by atoms with E-state index in [0.717, 1.165) is 11.8 Å². The summed E-state index contributed by atoms with van der Waals surface area (Å²) in [6.45, 7) is 0.124. The molecule has 7 heteroatoms. The van der Waals surface area contributed by atoms with E-state index in [1.807, 2.05) is 0 Å². The van der Waals surface area contributed by atoms with Gasteiger partial charge in [0.2, 0.25) is 11.0 Å². The molecule has 0 aliphatic rings. The van der Waals surface area contributed by atoms with Crippen molar-refractivity contribution in [2.24, 2.45) is 5.73 Å². The molecule has 0 heterocycles. The van der Waals surface area contributed by atoms with E-state index in [1.54, 1.807) is 24.3 Å². The number of hydrogen-bond acceptors (Lipinski definition) is 4. The molecule has 2 aromatic carbocycles. The largest absolute Gasteiger partial charge is 0.370 e. The van der Waals surface area contributed by atoms with Gasteiger partial charge in [-0.3, -0.25) is 14.4 Å². The van der Waals surface area contributed by atoms with E-state index in [2.05, 4.69) is 5.32 Å². The number of carbonyl (C=O) groups is 3. The molecule has 0 aliphatic carbocycles. The zero-order valence-electron chi connectivity index (χ0n) is 12.6. The molecule has 2 amide bonds. The first-order valence-electron chi connectivity index (χ1n) is 7.10. The number of hydrogen-bond donors (Lipinski definition) is 2. The fourth-order valence-corrected chi connectivity index (χ4v) is 2.75. The topological polar surface area (TPSA) is 89.3 Å². The second-order valence-electron chi connectivity index (χ2n) is 4.86. The van der Waals surface area contributed by atoms with Crippen LogP contribution in [0.2, 0.25) is 0 Å². The predicted molar refractivity (Wildman–Crippen MR) is 89.2 cm³/mol. The van der Waals surface area contributed by atoms with Crippen molar-refractivity contribution >= 4 is 28.7 Å². The molecular weight excluding hydrogens is 331 g/mol. The number of thioether (sulfide) groups is 1. The number of carbonyl (C=O) groups excluding carboxylic acids is 3. The van der Waals surface area contributed by atoms with Crippen molar-refractivity contribution in [2.45, 2.75) is 11.3 Å². The van der Waals surface area contributed by atoms with Gasteiger partial charge in [-0.15, -0.1) is 0 Å². The summed E-state index contributed by atoms with van der Waals surface area (Å²) in [5.41, 5.74) is 5.68. The molecule has 0 bridgehead atoms. The lowest BCUT2D eigenvalue weighted by Crippen LogP contribution is -2.28. The molecule has 0 aliphatic heterocycles. The maximum absolute atomic E-state index is 12.9. The van der Waals surface area contributed by atoms with Crippen LogP contribution in [0.4, 0.5) is 4.39 Å². The summed E-state index contributed by atoms with van der Waals surface area (Å²) in [5, 5.41) is 2.28. The molecule has 124 valence electrons. The standard InChI is InChI=1S/C17H15FN2O3S/c18-12-7-5-11(6-8-12)17(23)24-14-4-2-1-3-13(14)16(22)20-10-9-15(19)21/h1-8H,9-10H2,(H2,19,21)(H,20,22). The Morgan fingerprint density at radius 1 is 1.04 bits per heavy atom. The van der Waals surface area contributed by atoms with Crippen molar-refractivity contribution in [3.05, 3.63) is 65.5 Å². The Bertz CT molecular complexity index is 763. The second kappa shape index (κ2) is 8.26. The molecule has 24 heavy (non-hydrogen) atoms. The van der Waals surface area contributed by atoms with Crippen LogP contribution in [0.25, 0.3) is 0 Å².